The summed E-state index contributed by atoms with van der Waals surface area (Å²) in [6, 6.07) is 4.05. The van der Waals surface area contributed by atoms with Crippen LogP contribution in [0.5, 0.6) is 0 Å². The molecule has 12 heteroatoms. The Hall–Kier alpha value is -2.99. The molecule has 2 aromatic rings. The topological polar surface area (TPSA) is 107 Å². The molecule has 176 valence electrons. The van der Waals surface area contributed by atoms with Crippen LogP contribution in [0.1, 0.15) is 34.7 Å². The third kappa shape index (κ3) is 4.20. The Morgan fingerprint density at radius 1 is 1.15 bits per heavy atom. The van der Waals surface area contributed by atoms with Crippen molar-refractivity contribution in [1.82, 2.24) is 20.4 Å². The molecule has 3 aliphatic heterocycles. The van der Waals surface area contributed by atoms with Crippen molar-refractivity contribution in [2.45, 2.75) is 37.6 Å². The van der Waals surface area contributed by atoms with Gasteiger partial charge in [0.1, 0.15) is 0 Å². The van der Waals surface area contributed by atoms with Crippen LogP contribution in [-0.4, -0.2) is 65.4 Å². The molecule has 4 heterocycles. The molecule has 2 saturated heterocycles. The van der Waals surface area contributed by atoms with E-state index in [1.165, 1.54) is 6.07 Å². The lowest BCUT2D eigenvalue weighted by Crippen LogP contribution is -2.57. The van der Waals surface area contributed by atoms with Crippen LogP contribution < -0.4 is 5.32 Å². The SMILES string of the molecule is O=C(N[C@H]1CCOC[C@@H]1N1Cc2ccc(-c3noc(C(F)(F)F)n3)cc2C1=O)[C@H]1CCOC1. The van der Waals surface area contributed by atoms with Crippen LogP contribution in [0.2, 0.25) is 0 Å². The van der Waals surface area contributed by atoms with Crippen molar-refractivity contribution in [3.05, 3.63) is 35.2 Å². The number of aromatic nitrogens is 2. The van der Waals surface area contributed by atoms with Crippen molar-refractivity contribution in [2.24, 2.45) is 5.92 Å². The average Bonchev–Trinajstić information content (AvgIpc) is 3.54. The van der Waals surface area contributed by atoms with Gasteiger partial charge in [-0.3, -0.25) is 9.59 Å². The van der Waals surface area contributed by atoms with Crippen LogP contribution in [0.3, 0.4) is 0 Å². The van der Waals surface area contributed by atoms with E-state index >= 15 is 0 Å². The number of amides is 2. The molecule has 0 aliphatic carbocycles. The van der Waals surface area contributed by atoms with Crippen LogP contribution in [0, 0.1) is 5.92 Å². The van der Waals surface area contributed by atoms with Crippen LogP contribution in [-0.2, 0) is 27.0 Å². The molecule has 33 heavy (non-hydrogen) atoms. The summed E-state index contributed by atoms with van der Waals surface area (Å²) in [7, 11) is 0. The van der Waals surface area contributed by atoms with Crippen molar-refractivity contribution in [1.29, 1.82) is 0 Å². The van der Waals surface area contributed by atoms with Crippen LogP contribution >= 0.6 is 0 Å². The third-order valence-corrected chi connectivity index (χ3v) is 6.22. The number of carbonyl (C=O) groups is 2. The molecule has 0 saturated carbocycles. The highest BCUT2D eigenvalue weighted by molar-refractivity contribution is 5.99. The first-order valence-electron chi connectivity index (χ1n) is 10.6. The summed E-state index contributed by atoms with van der Waals surface area (Å²) in [6.07, 6.45) is -3.51. The standard InChI is InChI=1S/C21H21F3N4O5/c22-21(23,24)20-26-17(27-33-20)11-1-2-12-8-28(19(30)14(12)7-11)16-10-32-6-4-15(16)25-18(29)13-3-5-31-9-13/h1-2,7,13,15-16H,3-6,8-10H2,(H,25,29)/t13-,15-,16-/m0/s1. The minimum absolute atomic E-state index is 0.0894. The van der Waals surface area contributed by atoms with Gasteiger partial charge in [-0.15, -0.1) is 0 Å². The molecule has 1 aromatic heterocycles. The molecule has 3 aliphatic rings. The fourth-order valence-electron chi connectivity index (χ4n) is 4.43. The molecule has 9 nitrogen and oxygen atoms in total. The van der Waals surface area contributed by atoms with Gasteiger partial charge in [0.2, 0.25) is 11.7 Å². The number of carbonyl (C=O) groups excluding carboxylic acids is 2. The molecular formula is C21H21F3N4O5. The fraction of sp³-hybridized carbons (Fsp3) is 0.524. The molecule has 1 N–H and O–H groups in total. The van der Waals surface area contributed by atoms with E-state index in [1.807, 2.05) is 0 Å². The number of nitrogens with zero attached hydrogens (tertiary/aromatic N) is 3. The van der Waals surface area contributed by atoms with E-state index in [0.29, 0.717) is 44.8 Å². The smallest absolute Gasteiger partial charge is 0.381 e. The molecule has 3 atom stereocenters. The number of benzene rings is 1. The molecule has 0 spiro atoms. The fourth-order valence-corrected chi connectivity index (χ4v) is 4.43. The van der Waals surface area contributed by atoms with Gasteiger partial charge in [-0.05, 0) is 24.5 Å². The van der Waals surface area contributed by atoms with Gasteiger partial charge in [0.25, 0.3) is 5.91 Å². The number of alkyl halides is 3. The van der Waals surface area contributed by atoms with E-state index < -0.39 is 12.1 Å². The summed E-state index contributed by atoms with van der Waals surface area (Å²) in [5, 5.41) is 6.44. The van der Waals surface area contributed by atoms with E-state index in [4.69, 9.17) is 9.47 Å². The first-order chi connectivity index (χ1) is 15.8. The summed E-state index contributed by atoms with van der Waals surface area (Å²) in [5.74, 6) is -2.27. The first-order valence-corrected chi connectivity index (χ1v) is 10.6. The average molecular weight is 466 g/mol. The van der Waals surface area contributed by atoms with Gasteiger partial charge < -0.3 is 24.2 Å². The quantitative estimate of drug-likeness (QED) is 0.735. The zero-order valence-corrected chi connectivity index (χ0v) is 17.4. The summed E-state index contributed by atoms with van der Waals surface area (Å²) < 4.78 is 53.5. The van der Waals surface area contributed by atoms with Gasteiger partial charge in [-0.2, -0.15) is 18.2 Å². The van der Waals surface area contributed by atoms with E-state index in [-0.39, 0.29) is 47.8 Å². The van der Waals surface area contributed by atoms with Crippen molar-refractivity contribution in [2.75, 3.05) is 26.4 Å². The number of hydrogen-bond donors (Lipinski definition) is 1. The second-order valence-electron chi connectivity index (χ2n) is 8.33. The Balaban J connectivity index is 1.34. The van der Waals surface area contributed by atoms with E-state index in [1.54, 1.807) is 17.0 Å². The maximum atomic E-state index is 13.2. The number of fused-ring (bicyclic) bond motifs is 1. The summed E-state index contributed by atoms with van der Waals surface area (Å²) >= 11 is 0. The van der Waals surface area contributed by atoms with E-state index in [0.717, 1.165) is 5.56 Å². The molecule has 0 radical (unpaired) electrons. The van der Waals surface area contributed by atoms with Crippen LogP contribution in [0.25, 0.3) is 11.4 Å². The number of ether oxygens (including phenoxy) is 2. The monoisotopic (exact) mass is 466 g/mol. The second kappa shape index (κ2) is 8.41. The molecule has 1 aromatic carbocycles. The van der Waals surface area contributed by atoms with Crippen molar-refractivity contribution >= 4 is 11.8 Å². The predicted molar refractivity (Wildman–Crippen MR) is 105 cm³/mol. The minimum atomic E-state index is -4.75. The van der Waals surface area contributed by atoms with E-state index in [2.05, 4.69) is 20.0 Å². The highest BCUT2D eigenvalue weighted by atomic mass is 19.4. The maximum Gasteiger partial charge on any atom is 0.471 e. The van der Waals surface area contributed by atoms with Crippen LogP contribution in [0.15, 0.2) is 22.7 Å². The number of rotatable bonds is 4. The Morgan fingerprint density at radius 3 is 2.67 bits per heavy atom. The zero-order chi connectivity index (χ0) is 23.2. The largest absolute Gasteiger partial charge is 0.471 e. The maximum absolute atomic E-state index is 13.2. The first kappa shape index (κ1) is 21.8. The number of halogens is 3. The van der Waals surface area contributed by atoms with Crippen molar-refractivity contribution in [3.8, 4) is 11.4 Å². The van der Waals surface area contributed by atoms with Gasteiger partial charge in [0.05, 0.1) is 31.2 Å². The van der Waals surface area contributed by atoms with Crippen LogP contribution in [0.4, 0.5) is 13.2 Å². The van der Waals surface area contributed by atoms with Crippen molar-refractivity contribution in [3.63, 3.8) is 0 Å². The molecule has 2 amide bonds. The summed E-state index contributed by atoms with van der Waals surface area (Å²) in [4.78, 5) is 30.9. The molecule has 5 rings (SSSR count). The number of nitrogens with one attached hydrogen (secondary N) is 1. The van der Waals surface area contributed by atoms with Gasteiger partial charge in [-0.1, -0.05) is 17.3 Å². The Bertz CT molecular complexity index is 1070. The molecule has 0 unspecified atom stereocenters. The lowest BCUT2D eigenvalue weighted by atomic mass is 10.00. The minimum Gasteiger partial charge on any atom is -0.381 e. The van der Waals surface area contributed by atoms with Gasteiger partial charge in [-0.25, -0.2) is 0 Å². The Morgan fingerprint density at radius 2 is 1.94 bits per heavy atom. The van der Waals surface area contributed by atoms with Crippen molar-refractivity contribution < 1.29 is 36.8 Å². The third-order valence-electron chi connectivity index (χ3n) is 6.22. The molecule has 2 fully saturated rings. The number of hydrogen-bond acceptors (Lipinski definition) is 7. The highest BCUT2D eigenvalue weighted by Gasteiger charge is 2.41. The highest BCUT2D eigenvalue weighted by Crippen LogP contribution is 2.33. The van der Waals surface area contributed by atoms with E-state index in [9.17, 15) is 22.8 Å². The molecule has 0 bridgehead atoms. The normalized spacial score (nSPS) is 25.4. The Labute approximate surface area is 186 Å². The molecular weight excluding hydrogens is 445 g/mol. The van der Waals surface area contributed by atoms with Gasteiger partial charge >= 0.3 is 12.1 Å². The second-order valence-corrected chi connectivity index (χ2v) is 8.33. The zero-order valence-electron chi connectivity index (χ0n) is 17.4. The Kier molecular flexibility index (Phi) is 5.57. The lowest BCUT2D eigenvalue weighted by Gasteiger charge is -2.38. The summed E-state index contributed by atoms with van der Waals surface area (Å²) in [5.41, 5.74) is 1.32. The predicted octanol–water partition coefficient (Wildman–Crippen LogP) is 2.02. The van der Waals surface area contributed by atoms with Gasteiger partial charge in [0.15, 0.2) is 0 Å². The summed E-state index contributed by atoms with van der Waals surface area (Å²) in [6.45, 7) is 2.01. The lowest BCUT2D eigenvalue weighted by molar-refractivity contribution is -0.159. The van der Waals surface area contributed by atoms with Gasteiger partial charge in [0, 0.05) is 30.9 Å².